The number of para-hydroxylation sites is 1. The predicted molar refractivity (Wildman–Crippen MR) is 259 cm³/mol. The maximum Gasteiger partial charge on any atom is 0.333 e. The van der Waals surface area contributed by atoms with Gasteiger partial charge in [0.25, 0.3) is 0 Å². The summed E-state index contributed by atoms with van der Waals surface area (Å²) >= 11 is 0. The zero-order valence-electron chi connectivity index (χ0n) is 36.0. The van der Waals surface area contributed by atoms with E-state index in [0.29, 0.717) is 0 Å². The molecule has 0 atom stereocenters. The number of benzene rings is 8. The molecule has 2 aliphatic heterocycles. The molecular weight excluding hydrogens is 735 g/mol. The summed E-state index contributed by atoms with van der Waals surface area (Å²) in [5.41, 5.74) is 25.2. The second-order valence-electron chi connectivity index (χ2n) is 20.0. The topological polar surface area (TPSA) is 8.17 Å². The summed E-state index contributed by atoms with van der Waals surface area (Å²) in [5.74, 6) is 0. The normalized spacial score (nSPS) is 15.7. The van der Waals surface area contributed by atoms with Crippen molar-refractivity contribution in [3.05, 3.63) is 186 Å². The molecule has 0 saturated carbocycles. The largest absolute Gasteiger partial charge is 0.375 e. The molecule has 0 fully saturated rings. The lowest BCUT2D eigenvalue weighted by Gasteiger charge is -2.43. The molecule has 3 heteroatoms. The molecule has 2 aliphatic carbocycles. The van der Waals surface area contributed by atoms with Gasteiger partial charge in [-0.3, -0.25) is 0 Å². The summed E-state index contributed by atoms with van der Waals surface area (Å²) < 4.78 is 2.82. The van der Waals surface area contributed by atoms with Crippen LogP contribution in [0.15, 0.2) is 158 Å². The minimum absolute atomic E-state index is 0.0147. The van der Waals surface area contributed by atoms with Gasteiger partial charge in [-0.15, -0.1) is 0 Å². The van der Waals surface area contributed by atoms with Crippen LogP contribution >= 0.6 is 0 Å². The van der Waals surface area contributed by atoms with E-state index in [1.165, 1.54) is 122 Å². The molecule has 13 rings (SSSR count). The quantitative estimate of drug-likeness (QED) is 0.159. The van der Waals surface area contributed by atoms with Gasteiger partial charge in [-0.25, -0.2) is 0 Å². The van der Waals surface area contributed by atoms with Crippen LogP contribution in [0.3, 0.4) is 0 Å². The van der Waals surface area contributed by atoms with E-state index in [2.05, 4.69) is 216 Å². The molecule has 0 N–H and O–H groups in total. The van der Waals surface area contributed by atoms with Gasteiger partial charge in [0.05, 0.1) is 5.69 Å². The van der Waals surface area contributed by atoms with Crippen molar-refractivity contribution < 1.29 is 0 Å². The highest BCUT2D eigenvalue weighted by atomic mass is 15.2. The molecule has 8 aromatic carbocycles. The first-order chi connectivity index (χ1) is 29.5. The third-order valence-corrected chi connectivity index (χ3v) is 15.1. The second kappa shape index (κ2) is 11.6. The zero-order valence-corrected chi connectivity index (χ0v) is 36.0. The van der Waals surface area contributed by atoms with E-state index in [1.54, 1.807) is 0 Å². The van der Waals surface area contributed by atoms with Gasteiger partial charge in [-0.1, -0.05) is 182 Å². The van der Waals surface area contributed by atoms with Crippen molar-refractivity contribution in [2.45, 2.75) is 64.7 Å². The Balaban J connectivity index is 1.26. The highest BCUT2D eigenvalue weighted by molar-refractivity contribution is 6.91. The third-order valence-electron chi connectivity index (χ3n) is 15.1. The molecule has 4 aliphatic rings. The standard InChI is InChI=1S/C58H47BN2/c1-56(2,3)36-28-30-46(42(33-36)34-18-9-8-10-19-34)60-47-31-29-45-50(38-22-13-15-26-43(38)57(45,4)5)52(47)59-53-48(60)32-35-20-11-12-21-37(35)49(53)40-24-17-25-41-51-55(61(59)54(40)41)39-23-14-16-27-44(39)58(51,6)7/h8-33H,1-7H3. The van der Waals surface area contributed by atoms with Crippen molar-refractivity contribution in [2.24, 2.45) is 0 Å². The fourth-order valence-electron chi connectivity index (χ4n) is 12.3. The van der Waals surface area contributed by atoms with Crippen LogP contribution < -0.4 is 15.8 Å². The summed E-state index contributed by atoms with van der Waals surface area (Å²) in [5, 5.41) is 3.95. The van der Waals surface area contributed by atoms with Crippen LogP contribution in [-0.2, 0) is 16.2 Å². The van der Waals surface area contributed by atoms with Crippen LogP contribution in [0.2, 0.25) is 0 Å². The van der Waals surface area contributed by atoms with Crippen LogP contribution in [0.4, 0.5) is 17.1 Å². The summed E-state index contributed by atoms with van der Waals surface area (Å²) in [7, 11) is 0. The molecule has 9 aromatic rings. The molecule has 3 heterocycles. The SMILES string of the molecule is CC(C)(C)c1ccc(N2c3ccc4c(c3B3c5c2cc2ccccc2c5-c2cccc5c6c(n3c25)-c2ccccc2C6(C)C)-c2ccccc2C4(C)C)c(-c2ccccc2)c1. The second-order valence-corrected chi connectivity index (χ2v) is 20.0. The Morgan fingerprint density at radius 3 is 1.90 bits per heavy atom. The number of aromatic nitrogens is 1. The number of hydrogen-bond acceptors (Lipinski definition) is 1. The molecule has 0 unspecified atom stereocenters. The van der Waals surface area contributed by atoms with Gasteiger partial charge in [0.2, 0.25) is 0 Å². The van der Waals surface area contributed by atoms with E-state index in [-0.39, 0.29) is 23.1 Å². The van der Waals surface area contributed by atoms with Gasteiger partial charge >= 0.3 is 6.85 Å². The smallest absolute Gasteiger partial charge is 0.333 e. The lowest BCUT2D eigenvalue weighted by Crippen LogP contribution is -2.57. The van der Waals surface area contributed by atoms with Crippen molar-refractivity contribution in [2.75, 3.05) is 4.90 Å². The molecule has 1 aromatic heterocycles. The Labute approximate surface area is 359 Å². The lowest BCUT2D eigenvalue weighted by molar-refractivity contribution is 0.590. The number of rotatable bonds is 2. The fraction of sp³-hybridized carbons (Fsp3) is 0.172. The van der Waals surface area contributed by atoms with E-state index >= 15 is 0 Å². The summed E-state index contributed by atoms with van der Waals surface area (Å²) in [6.07, 6.45) is 0. The summed E-state index contributed by atoms with van der Waals surface area (Å²) in [6, 6.07) is 60.5. The first-order valence-electron chi connectivity index (χ1n) is 22.1. The summed E-state index contributed by atoms with van der Waals surface area (Å²) in [6.45, 7) is 16.6. The monoisotopic (exact) mass is 782 g/mol. The van der Waals surface area contributed by atoms with Gasteiger partial charge in [0.15, 0.2) is 0 Å². The van der Waals surface area contributed by atoms with Gasteiger partial charge in [-0.05, 0) is 101 Å². The van der Waals surface area contributed by atoms with Crippen LogP contribution in [0.1, 0.15) is 76.3 Å². The molecule has 0 amide bonds. The van der Waals surface area contributed by atoms with Crippen LogP contribution in [0.25, 0.3) is 66.3 Å². The van der Waals surface area contributed by atoms with Gasteiger partial charge < -0.3 is 9.38 Å². The lowest BCUT2D eigenvalue weighted by atomic mass is 9.43. The van der Waals surface area contributed by atoms with E-state index in [0.717, 1.165) is 0 Å². The van der Waals surface area contributed by atoms with E-state index in [9.17, 15) is 0 Å². The highest BCUT2D eigenvalue weighted by Crippen LogP contribution is 2.58. The molecule has 0 spiro atoms. The molecule has 0 radical (unpaired) electrons. The van der Waals surface area contributed by atoms with Gasteiger partial charge in [-0.2, -0.15) is 0 Å². The number of hydrogen-bond donors (Lipinski definition) is 0. The van der Waals surface area contributed by atoms with Crippen LogP contribution in [0, 0.1) is 0 Å². The predicted octanol–water partition coefficient (Wildman–Crippen LogP) is 13.8. The number of nitrogens with zero attached hydrogens (tertiary/aromatic N) is 2. The zero-order chi connectivity index (χ0) is 41.3. The van der Waals surface area contributed by atoms with Crippen molar-refractivity contribution in [1.82, 2.24) is 4.48 Å². The van der Waals surface area contributed by atoms with Gasteiger partial charge in [0.1, 0.15) is 0 Å². The Morgan fingerprint density at radius 1 is 0.475 bits per heavy atom. The number of anilines is 3. The van der Waals surface area contributed by atoms with E-state index in [4.69, 9.17) is 0 Å². The molecule has 61 heavy (non-hydrogen) atoms. The molecular formula is C58H47BN2. The number of fused-ring (bicyclic) bond motifs is 15. The third kappa shape index (κ3) is 4.34. The van der Waals surface area contributed by atoms with Crippen molar-refractivity contribution in [3.63, 3.8) is 0 Å². The molecule has 0 bridgehead atoms. The Hall–Kier alpha value is -6.58. The first-order valence-corrected chi connectivity index (χ1v) is 22.1. The van der Waals surface area contributed by atoms with Crippen LogP contribution in [-0.4, -0.2) is 11.3 Å². The van der Waals surface area contributed by atoms with E-state index in [1.807, 2.05) is 0 Å². The minimum atomic E-state index is -0.161. The van der Waals surface area contributed by atoms with Crippen molar-refractivity contribution in [1.29, 1.82) is 0 Å². The summed E-state index contributed by atoms with van der Waals surface area (Å²) in [4.78, 5) is 2.66. The van der Waals surface area contributed by atoms with Crippen LogP contribution in [0.5, 0.6) is 0 Å². The average Bonchev–Trinajstić information content (AvgIpc) is 3.83. The van der Waals surface area contributed by atoms with Crippen molar-refractivity contribution in [3.8, 4) is 44.6 Å². The van der Waals surface area contributed by atoms with Gasteiger partial charge in [0, 0.05) is 55.5 Å². The van der Waals surface area contributed by atoms with E-state index < -0.39 is 0 Å². The maximum absolute atomic E-state index is 2.82. The molecule has 2 nitrogen and oxygen atoms in total. The first kappa shape index (κ1) is 35.2. The Morgan fingerprint density at radius 2 is 1.11 bits per heavy atom. The van der Waals surface area contributed by atoms with Crippen molar-refractivity contribution >= 4 is 56.5 Å². The Bertz CT molecular complexity index is 3410. The minimum Gasteiger partial charge on any atom is -0.375 e. The maximum atomic E-state index is 2.82. The average molecular weight is 783 g/mol. The molecule has 0 saturated heterocycles. The highest BCUT2D eigenvalue weighted by Gasteiger charge is 2.51. The molecule has 292 valence electrons. The Kier molecular flexibility index (Phi) is 6.70. The fourth-order valence-corrected chi connectivity index (χ4v) is 12.3.